The quantitative estimate of drug-likeness (QED) is 0.386. The third-order valence-corrected chi connectivity index (χ3v) is 4.32. The van der Waals surface area contributed by atoms with Crippen LogP contribution in [0.4, 0.5) is 8.78 Å². The molecule has 0 aromatic heterocycles. The fourth-order valence-electron chi connectivity index (χ4n) is 2.88. The van der Waals surface area contributed by atoms with Gasteiger partial charge in [-0.25, -0.2) is 14.3 Å². The summed E-state index contributed by atoms with van der Waals surface area (Å²) >= 11 is 5.90. The maximum absolute atomic E-state index is 14.4. The smallest absolute Gasteiger partial charge is 0.245 e. The Bertz CT molecular complexity index is 746. The van der Waals surface area contributed by atoms with E-state index in [1.807, 2.05) is 0 Å². The van der Waals surface area contributed by atoms with Crippen LogP contribution in [0, 0.1) is 11.6 Å². The summed E-state index contributed by atoms with van der Waals surface area (Å²) < 4.78 is 33.4. The van der Waals surface area contributed by atoms with Gasteiger partial charge in [0.05, 0.1) is 12.5 Å². The molecule has 0 fully saturated rings. The van der Waals surface area contributed by atoms with E-state index in [1.165, 1.54) is 12.1 Å². The average molecular weight is 423 g/mol. The Labute approximate surface area is 204 Å². The van der Waals surface area contributed by atoms with Gasteiger partial charge in [0.2, 0.25) is 5.91 Å². The summed E-state index contributed by atoms with van der Waals surface area (Å²) in [6.45, 7) is 2.05. The molecule has 2 atom stereocenters. The minimum absolute atomic E-state index is 0. The third kappa shape index (κ3) is 7.51. The number of amides is 1. The number of carbonyl (C=O) groups excluding carboxylic acids is 1. The predicted octanol–water partition coefficient (Wildman–Crippen LogP) is 3.86. The van der Waals surface area contributed by atoms with Crippen molar-refractivity contribution in [3.8, 4) is 0 Å². The number of ether oxygens (including phenoxy) is 1. The van der Waals surface area contributed by atoms with E-state index in [0.29, 0.717) is 18.1 Å². The normalized spacial score (nSPS) is 12.8. The summed E-state index contributed by atoms with van der Waals surface area (Å²) in [7, 11) is 0. The number of rotatable bonds is 8. The number of carbonyl (C=O) groups is 1. The van der Waals surface area contributed by atoms with Gasteiger partial charge in [0, 0.05) is 75.0 Å². The molecule has 8 heteroatoms. The van der Waals surface area contributed by atoms with Gasteiger partial charge in [0.25, 0.3) is 0 Å². The maximum Gasteiger partial charge on any atom is 0.245 e. The number of hydrogen-bond acceptors (Lipinski definition) is 3. The molecule has 0 unspecified atom stereocenters. The molecule has 141 valence electrons. The van der Waals surface area contributed by atoms with E-state index in [1.54, 1.807) is 36.7 Å². The maximum atomic E-state index is 14.4. The van der Waals surface area contributed by atoms with Gasteiger partial charge in [-0.15, -0.1) is 0 Å². The molecule has 0 aliphatic carbocycles. The number of hydroxylamine groups is 1. The van der Waals surface area contributed by atoms with Gasteiger partial charge in [0.15, 0.2) is 0 Å². The zero-order valence-corrected chi connectivity index (χ0v) is 19.1. The van der Waals surface area contributed by atoms with E-state index in [9.17, 15) is 13.6 Å². The molecule has 27 heavy (non-hydrogen) atoms. The van der Waals surface area contributed by atoms with Gasteiger partial charge in [-0.1, -0.05) is 29.8 Å². The monoisotopic (exact) mass is 422 g/mol. The van der Waals surface area contributed by atoms with Crippen LogP contribution >= 0.6 is 11.6 Å². The van der Waals surface area contributed by atoms with E-state index in [-0.39, 0.29) is 63.4 Å². The molecule has 4 nitrogen and oxygen atoms in total. The number of hydrogen-bond donors (Lipinski definition) is 2. The molecule has 2 rings (SSSR count). The van der Waals surface area contributed by atoms with Crippen LogP contribution in [0.2, 0.25) is 5.02 Å². The molecule has 0 spiro atoms. The molecular formula is C19H20ClF2KNO3. The molecule has 2 aromatic carbocycles. The van der Waals surface area contributed by atoms with Crippen molar-refractivity contribution in [1.29, 1.82) is 0 Å². The standard InChI is InChI=1S/C19H20ClF2NO3.K/c1-2-26-18(11-19(24)23-25)16(9-12-3-5-13(20)6-4-12)15-8-7-14(21)10-17(15)22;/h3-8,10,16,18,25H,2,9,11H2,1H3,(H,23,24);/t16-,18-;/m1./s1. The van der Waals surface area contributed by atoms with E-state index < -0.39 is 29.6 Å². The van der Waals surface area contributed by atoms with Crippen LogP contribution in [0.1, 0.15) is 30.4 Å². The van der Waals surface area contributed by atoms with Gasteiger partial charge >= 0.3 is 0 Å². The molecule has 2 N–H and O–H groups in total. The van der Waals surface area contributed by atoms with Crippen LogP contribution in [0.25, 0.3) is 0 Å². The van der Waals surface area contributed by atoms with Gasteiger partial charge in [-0.2, -0.15) is 0 Å². The summed E-state index contributed by atoms with van der Waals surface area (Å²) in [6.07, 6.45) is -0.523. The van der Waals surface area contributed by atoms with Crippen LogP contribution in [0.5, 0.6) is 0 Å². The molecule has 1 amide bonds. The number of nitrogens with one attached hydrogen (secondary N) is 1. The van der Waals surface area contributed by atoms with Crippen LogP contribution in [-0.4, -0.2) is 75.2 Å². The molecule has 0 saturated heterocycles. The van der Waals surface area contributed by atoms with Crippen molar-refractivity contribution in [2.24, 2.45) is 0 Å². The van der Waals surface area contributed by atoms with Crippen molar-refractivity contribution in [1.82, 2.24) is 5.48 Å². The van der Waals surface area contributed by atoms with Gasteiger partial charge in [0.1, 0.15) is 11.6 Å². The minimum Gasteiger partial charge on any atom is -0.377 e. The van der Waals surface area contributed by atoms with E-state index >= 15 is 0 Å². The second-order valence-electron chi connectivity index (χ2n) is 5.84. The second-order valence-corrected chi connectivity index (χ2v) is 6.27. The van der Waals surface area contributed by atoms with Crippen molar-refractivity contribution < 1.29 is 23.5 Å². The summed E-state index contributed by atoms with van der Waals surface area (Å²) in [4.78, 5) is 11.7. The predicted molar refractivity (Wildman–Crippen MR) is 100.0 cm³/mol. The second kappa shape index (κ2) is 12.2. The Morgan fingerprint density at radius 2 is 1.89 bits per heavy atom. The zero-order valence-electron chi connectivity index (χ0n) is 15.2. The first-order chi connectivity index (χ1) is 12.4. The fraction of sp³-hybridized carbons (Fsp3) is 0.316. The van der Waals surface area contributed by atoms with Gasteiger partial charge in [-0.3, -0.25) is 10.0 Å². The molecule has 1 radical (unpaired) electrons. The van der Waals surface area contributed by atoms with Crippen LogP contribution in [0.3, 0.4) is 0 Å². The first-order valence-corrected chi connectivity index (χ1v) is 8.56. The fourth-order valence-corrected chi connectivity index (χ4v) is 3.00. The Morgan fingerprint density at radius 1 is 1.22 bits per heavy atom. The topological polar surface area (TPSA) is 58.6 Å². The van der Waals surface area contributed by atoms with Gasteiger partial charge in [-0.05, 0) is 42.7 Å². The van der Waals surface area contributed by atoms with Crippen molar-refractivity contribution in [2.75, 3.05) is 6.61 Å². The van der Waals surface area contributed by atoms with Gasteiger partial charge < -0.3 is 4.74 Å². The minimum atomic E-state index is -0.710. The Balaban J connectivity index is 0.00000364. The molecule has 0 aliphatic heterocycles. The molecule has 0 heterocycles. The summed E-state index contributed by atoms with van der Waals surface area (Å²) in [5.74, 6) is -2.60. The summed E-state index contributed by atoms with van der Waals surface area (Å²) in [5, 5.41) is 9.39. The van der Waals surface area contributed by atoms with Crippen LogP contribution < -0.4 is 5.48 Å². The van der Waals surface area contributed by atoms with Crippen LogP contribution in [-0.2, 0) is 16.0 Å². The van der Waals surface area contributed by atoms with Crippen molar-refractivity contribution in [3.05, 3.63) is 70.2 Å². The van der Waals surface area contributed by atoms with E-state index in [4.69, 9.17) is 21.5 Å². The van der Waals surface area contributed by atoms with Crippen LogP contribution in [0.15, 0.2) is 42.5 Å². The Morgan fingerprint density at radius 3 is 2.44 bits per heavy atom. The van der Waals surface area contributed by atoms with E-state index in [0.717, 1.165) is 11.6 Å². The molecule has 0 saturated carbocycles. The van der Waals surface area contributed by atoms with E-state index in [2.05, 4.69) is 0 Å². The first kappa shape index (κ1) is 24.7. The van der Waals surface area contributed by atoms with Crippen molar-refractivity contribution in [3.63, 3.8) is 0 Å². The SMILES string of the molecule is CCO[C@H](CC(=O)NO)[C@H](Cc1ccc(Cl)cc1)c1ccc(F)cc1F.[K]. The number of benzene rings is 2. The Kier molecular flexibility index (Phi) is 11.2. The molecular weight excluding hydrogens is 403 g/mol. The first-order valence-electron chi connectivity index (χ1n) is 8.18. The average Bonchev–Trinajstić information content (AvgIpc) is 2.61. The number of halogens is 3. The summed E-state index contributed by atoms with van der Waals surface area (Å²) in [6, 6.07) is 10.4. The molecule has 2 aromatic rings. The molecule has 0 aliphatic rings. The Hall–Kier alpha value is -0.384. The van der Waals surface area contributed by atoms with Crippen molar-refractivity contribution >= 4 is 68.9 Å². The third-order valence-electron chi connectivity index (χ3n) is 4.07. The molecule has 0 bridgehead atoms. The summed E-state index contributed by atoms with van der Waals surface area (Å²) in [5.41, 5.74) is 2.66. The van der Waals surface area contributed by atoms with Crippen molar-refractivity contribution in [2.45, 2.75) is 31.8 Å². The largest absolute Gasteiger partial charge is 0.377 e. The zero-order chi connectivity index (χ0) is 19.1.